The van der Waals surface area contributed by atoms with Crippen LogP contribution in [-0.2, 0) is 6.42 Å². The Morgan fingerprint density at radius 1 is 1.39 bits per heavy atom. The minimum Gasteiger partial charge on any atom is -0.372 e. The number of halogens is 1. The highest BCUT2D eigenvalue weighted by atomic mass is 19.1. The lowest BCUT2D eigenvalue weighted by Gasteiger charge is -2.19. The summed E-state index contributed by atoms with van der Waals surface area (Å²) >= 11 is 0. The average molecular weight is 318 g/mol. The standard InChI is InChI=1S/C17H23FN4O/c1-3-7-13-12-15(21-20-13)17(23)19-10-6-11-22(2)16-9-5-4-8-14(16)18/h4-5,8-9,12H,3,6-7,10-11H2,1-2H3,(H,19,23)(H,20,21). The number of nitrogens with zero attached hydrogens (tertiary/aromatic N) is 2. The zero-order valence-corrected chi connectivity index (χ0v) is 13.6. The lowest BCUT2D eigenvalue weighted by atomic mass is 10.2. The summed E-state index contributed by atoms with van der Waals surface area (Å²) in [6.45, 7) is 3.25. The van der Waals surface area contributed by atoms with Crippen LogP contribution in [0.15, 0.2) is 30.3 Å². The minimum atomic E-state index is -0.237. The lowest BCUT2D eigenvalue weighted by Crippen LogP contribution is -2.28. The number of hydrogen-bond acceptors (Lipinski definition) is 3. The zero-order valence-electron chi connectivity index (χ0n) is 13.6. The van der Waals surface area contributed by atoms with Crippen LogP contribution in [0.5, 0.6) is 0 Å². The first-order valence-corrected chi connectivity index (χ1v) is 7.90. The number of para-hydroxylation sites is 1. The van der Waals surface area contributed by atoms with E-state index < -0.39 is 0 Å². The second-order valence-corrected chi connectivity index (χ2v) is 5.51. The van der Waals surface area contributed by atoms with Crippen molar-refractivity contribution in [3.05, 3.63) is 47.5 Å². The molecule has 0 aliphatic rings. The van der Waals surface area contributed by atoms with Gasteiger partial charge in [-0.2, -0.15) is 5.10 Å². The van der Waals surface area contributed by atoms with Gasteiger partial charge in [0.1, 0.15) is 11.5 Å². The Morgan fingerprint density at radius 3 is 2.91 bits per heavy atom. The highest BCUT2D eigenvalue weighted by Crippen LogP contribution is 2.16. The summed E-state index contributed by atoms with van der Waals surface area (Å²) in [6, 6.07) is 8.45. The quantitative estimate of drug-likeness (QED) is 0.736. The van der Waals surface area contributed by atoms with Crippen LogP contribution in [-0.4, -0.2) is 36.2 Å². The number of aromatic amines is 1. The van der Waals surface area contributed by atoms with E-state index in [-0.39, 0.29) is 11.7 Å². The number of hydrogen-bond donors (Lipinski definition) is 2. The summed E-state index contributed by atoms with van der Waals surface area (Å²) in [5.41, 5.74) is 1.95. The Morgan fingerprint density at radius 2 is 2.17 bits per heavy atom. The normalized spacial score (nSPS) is 10.6. The summed E-state index contributed by atoms with van der Waals surface area (Å²) < 4.78 is 13.6. The molecule has 0 saturated carbocycles. The van der Waals surface area contributed by atoms with Gasteiger partial charge in [0.2, 0.25) is 0 Å². The van der Waals surface area contributed by atoms with Gasteiger partial charge in [0, 0.05) is 25.8 Å². The van der Waals surface area contributed by atoms with E-state index in [4.69, 9.17) is 0 Å². The molecule has 6 heteroatoms. The fourth-order valence-corrected chi connectivity index (χ4v) is 2.37. The second-order valence-electron chi connectivity index (χ2n) is 5.51. The fourth-order valence-electron chi connectivity index (χ4n) is 2.37. The van der Waals surface area contributed by atoms with Crippen molar-refractivity contribution in [2.45, 2.75) is 26.2 Å². The Bertz CT molecular complexity index is 641. The molecule has 1 amide bonds. The Balaban J connectivity index is 1.74. The first-order valence-electron chi connectivity index (χ1n) is 7.90. The number of rotatable bonds is 8. The van der Waals surface area contributed by atoms with Crippen molar-refractivity contribution >= 4 is 11.6 Å². The maximum absolute atomic E-state index is 13.6. The van der Waals surface area contributed by atoms with Gasteiger partial charge in [0.05, 0.1) is 5.69 Å². The molecule has 0 bridgehead atoms. The number of amides is 1. The summed E-state index contributed by atoms with van der Waals surface area (Å²) in [5, 5.41) is 9.71. The molecule has 0 spiro atoms. The predicted octanol–water partition coefficient (Wildman–Crippen LogP) is 2.76. The summed E-state index contributed by atoms with van der Waals surface area (Å²) in [7, 11) is 1.84. The molecule has 2 aromatic rings. The van der Waals surface area contributed by atoms with E-state index in [1.165, 1.54) is 6.07 Å². The fraction of sp³-hybridized carbons (Fsp3) is 0.412. The number of aryl methyl sites for hydroxylation is 1. The molecule has 2 N–H and O–H groups in total. The first-order chi connectivity index (χ1) is 11.1. The van der Waals surface area contributed by atoms with Crippen molar-refractivity contribution in [2.24, 2.45) is 0 Å². The van der Waals surface area contributed by atoms with Gasteiger partial charge in [0.15, 0.2) is 0 Å². The SMILES string of the molecule is CCCc1cc(C(=O)NCCCN(C)c2ccccc2F)n[nH]1. The van der Waals surface area contributed by atoms with Crippen LogP contribution in [0.1, 0.15) is 35.9 Å². The minimum absolute atomic E-state index is 0.183. The van der Waals surface area contributed by atoms with Crippen LogP contribution in [0.25, 0.3) is 0 Å². The van der Waals surface area contributed by atoms with Crippen molar-refractivity contribution in [1.82, 2.24) is 15.5 Å². The monoisotopic (exact) mass is 318 g/mol. The molecule has 0 aliphatic heterocycles. The van der Waals surface area contributed by atoms with E-state index in [2.05, 4.69) is 22.4 Å². The van der Waals surface area contributed by atoms with E-state index in [1.54, 1.807) is 18.2 Å². The lowest BCUT2D eigenvalue weighted by molar-refractivity contribution is 0.0948. The molecule has 0 radical (unpaired) electrons. The molecular formula is C17H23FN4O. The third-order valence-corrected chi connectivity index (χ3v) is 3.60. The van der Waals surface area contributed by atoms with Gasteiger partial charge >= 0.3 is 0 Å². The van der Waals surface area contributed by atoms with E-state index in [0.29, 0.717) is 24.5 Å². The van der Waals surface area contributed by atoms with E-state index in [1.807, 2.05) is 18.0 Å². The Hall–Kier alpha value is -2.37. The molecule has 23 heavy (non-hydrogen) atoms. The molecule has 124 valence electrons. The number of H-pyrrole nitrogens is 1. The predicted molar refractivity (Wildman–Crippen MR) is 89.2 cm³/mol. The van der Waals surface area contributed by atoms with Gasteiger partial charge in [-0.1, -0.05) is 25.5 Å². The highest BCUT2D eigenvalue weighted by Gasteiger charge is 2.10. The van der Waals surface area contributed by atoms with E-state index in [9.17, 15) is 9.18 Å². The molecule has 0 aliphatic carbocycles. The van der Waals surface area contributed by atoms with E-state index in [0.717, 1.165) is 25.0 Å². The van der Waals surface area contributed by atoms with E-state index >= 15 is 0 Å². The van der Waals surface area contributed by atoms with Crippen LogP contribution in [0.4, 0.5) is 10.1 Å². The third-order valence-electron chi connectivity index (χ3n) is 3.60. The molecule has 0 atom stereocenters. The molecule has 1 aromatic heterocycles. The largest absolute Gasteiger partial charge is 0.372 e. The molecule has 1 aromatic carbocycles. The van der Waals surface area contributed by atoms with Crippen molar-refractivity contribution in [3.63, 3.8) is 0 Å². The maximum Gasteiger partial charge on any atom is 0.271 e. The molecule has 0 unspecified atom stereocenters. The average Bonchev–Trinajstić information content (AvgIpc) is 3.01. The number of benzene rings is 1. The number of nitrogens with one attached hydrogen (secondary N) is 2. The smallest absolute Gasteiger partial charge is 0.271 e. The maximum atomic E-state index is 13.6. The van der Waals surface area contributed by atoms with Crippen LogP contribution in [0.3, 0.4) is 0 Å². The number of aromatic nitrogens is 2. The molecule has 1 heterocycles. The number of carbonyl (C=O) groups is 1. The summed E-state index contributed by atoms with van der Waals surface area (Å²) in [5.74, 6) is -0.420. The molecule has 2 rings (SSSR count). The van der Waals surface area contributed by atoms with Crippen LogP contribution in [0, 0.1) is 5.82 Å². The van der Waals surface area contributed by atoms with Gasteiger partial charge in [-0.15, -0.1) is 0 Å². The van der Waals surface area contributed by atoms with Gasteiger partial charge in [-0.3, -0.25) is 9.89 Å². The zero-order chi connectivity index (χ0) is 16.7. The van der Waals surface area contributed by atoms with Crippen molar-refractivity contribution in [2.75, 3.05) is 25.0 Å². The number of anilines is 1. The Kier molecular flexibility index (Phi) is 6.14. The van der Waals surface area contributed by atoms with Crippen LogP contribution in [0.2, 0.25) is 0 Å². The number of carbonyl (C=O) groups excluding carboxylic acids is 1. The molecule has 5 nitrogen and oxygen atoms in total. The van der Waals surface area contributed by atoms with Gasteiger partial charge < -0.3 is 10.2 Å². The molecular weight excluding hydrogens is 295 g/mol. The second kappa shape index (κ2) is 8.31. The third kappa shape index (κ3) is 4.81. The van der Waals surface area contributed by atoms with Gasteiger partial charge in [-0.05, 0) is 31.0 Å². The van der Waals surface area contributed by atoms with Crippen LogP contribution < -0.4 is 10.2 Å². The Labute approximate surface area is 135 Å². The highest BCUT2D eigenvalue weighted by molar-refractivity contribution is 5.92. The molecule has 0 fully saturated rings. The summed E-state index contributed by atoms with van der Waals surface area (Å²) in [6.07, 6.45) is 2.61. The van der Waals surface area contributed by atoms with Crippen LogP contribution >= 0.6 is 0 Å². The van der Waals surface area contributed by atoms with Crippen molar-refractivity contribution in [3.8, 4) is 0 Å². The topological polar surface area (TPSA) is 61.0 Å². The summed E-state index contributed by atoms with van der Waals surface area (Å²) in [4.78, 5) is 13.8. The van der Waals surface area contributed by atoms with Gasteiger partial charge in [0.25, 0.3) is 5.91 Å². The van der Waals surface area contributed by atoms with Crippen molar-refractivity contribution < 1.29 is 9.18 Å². The van der Waals surface area contributed by atoms with Crippen molar-refractivity contribution in [1.29, 1.82) is 0 Å². The first kappa shape index (κ1) is 17.0. The molecule has 0 saturated heterocycles. The van der Waals surface area contributed by atoms with Gasteiger partial charge in [-0.25, -0.2) is 4.39 Å².